The van der Waals surface area contributed by atoms with Gasteiger partial charge in [-0.2, -0.15) is 0 Å². The largest absolute Gasteiger partial charge is 0.461 e. The van der Waals surface area contributed by atoms with Crippen LogP contribution in [0.5, 0.6) is 0 Å². The van der Waals surface area contributed by atoms with E-state index in [1.54, 1.807) is 20.8 Å². The van der Waals surface area contributed by atoms with E-state index in [1.165, 1.54) is 23.6 Å². The molecule has 13 heteroatoms. The van der Waals surface area contributed by atoms with Crippen LogP contribution in [0.3, 0.4) is 0 Å². The van der Waals surface area contributed by atoms with Crippen LogP contribution in [-0.4, -0.2) is 68.6 Å². The van der Waals surface area contributed by atoms with Crippen LogP contribution in [-0.2, 0) is 28.6 Å². The molecule has 9 nitrogen and oxygen atoms in total. The number of hydrogen-bond donors (Lipinski definition) is 1. The average molecular weight is 504 g/mol. The first-order valence-electron chi connectivity index (χ1n) is 8.73. The average Bonchev–Trinajstić information content (AvgIpc) is 2.59. The van der Waals surface area contributed by atoms with Crippen LogP contribution in [0.25, 0.3) is 0 Å². The van der Waals surface area contributed by atoms with E-state index in [0.717, 1.165) is 0 Å². The van der Waals surface area contributed by atoms with Crippen LogP contribution in [0.4, 0.5) is 4.79 Å². The Balaban J connectivity index is 2.17. The lowest BCUT2D eigenvalue weighted by Gasteiger charge is -2.49. The summed E-state index contributed by atoms with van der Waals surface area (Å²) in [6.07, 6.45) is -0.937. The Morgan fingerprint density at radius 1 is 1.20 bits per heavy atom. The Kier molecular flexibility index (Phi) is 7.82. The van der Waals surface area contributed by atoms with E-state index in [-0.39, 0.29) is 18.1 Å². The van der Waals surface area contributed by atoms with Gasteiger partial charge in [-0.15, -0.1) is 11.8 Å². The molecule has 2 atom stereocenters. The quantitative estimate of drug-likeness (QED) is 0.264. The number of rotatable bonds is 5. The highest BCUT2D eigenvalue weighted by molar-refractivity contribution is 8.00. The minimum absolute atomic E-state index is 0.00707. The van der Waals surface area contributed by atoms with E-state index in [9.17, 15) is 19.2 Å². The molecule has 0 radical (unpaired) electrons. The molecular weight excluding hydrogens is 483 g/mol. The van der Waals surface area contributed by atoms with Crippen molar-refractivity contribution in [2.24, 2.45) is 0 Å². The summed E-state index contributed by atoms with van der Waals surface area (Å²) in [6, 6.07) is -0.939. The van der Waals surface area contributed by atoms with Gasteiger partial charge in [-0.3, -0.25) is 14.5 Å². The second-order valence-corrected chi connectivity index (χ2v) is 11.1. The number of carbonyl (C=O) groups excluding carboxylic acids is 4. The minimum atomic E-state index is -1.79. The molecule has 0 aromatic carbocycles. The van der Waals surface area contributed by atoms with Crippen molar-refractivity contribution >= 4 is 70.5 Å². The van der Waals surface area contributed by atoms with E-state index < -0.39 is 51.4 Å². The second kappa shape index (κ2) is 9.42. The lowest BCUT2D eigenvalue weighted by Crippen LogP contribution is -2.70. The highest BCUT2D eigenvalue weighted by Gasteiger charge is 2.55. The first kappa shape index (κ1) is 24.9. The molecular formula is C17H21Cl3N2O7S. The zero-order chi connectivity index (χ0) is 22.9. The molecule has 0 aromatic heterocycles. The van der Waals surface area contributed by atoms with Gasteiger partial charge in [-0.25, -0.2) is 9.59 Å². The number of carbonyl (C=O) groups is 4. The third-order valence-electron chi connectivity index (χ3n) is 3.73. The molecule has 2 amide bonds. The maximum atomic E-state index is 12.8. The van der Waals surface area contributed by atoms with Gasteiger partial charge in [0.05, 0.1) is 0 Å². The van der Waals surface area contributed by atoms with Gasteiger partial charge in [0.2, 0.25) is 3.79 Å². The molecule has 0 aromatic rings. The van der Waals surface area contributed by atoms with E-state index >= 15 is 0 Å². The molecule has 0 unspecified atom stereocenters. The number of thioether (sulfide) groups is 1. The number of β-lactam (4-membered cyclic amide) rings is 1. The van der Waals surface area contributed by atoms with Crippen LogP contribution in [0.2, 0.25) is 0 Å². The van der Waals surface area contributed by atoms with E-state index in [1.807, 2.05) is 0 Å². The summed E-state index contributed by atoms with van der Waals surface area (Å²) in [4.78, 5) is 49.8. The fourth-order valence-electron chi connectivity index (χ4n) is 2.61. The van der Waals surface area contributed by atoms with Crippen molar-refractivity contribution in [3.63, 3.8) is 0 Å². The molecule has 2 rings (SSSR count). The van der Waals surface area contributed by atoms with Crippen molar-refractivity contribution in [1.29, 1.82) is 0 Å². The molecule has 168 valence electrons. The molecule has 30 heavy (non-hydrogen) atoms. The van der Waals surface area contributed by atoms with Crippen LogP contribution in [0.15, 0.2) is 11.3 Å². The number of nitrogens with zero attached hydrogens (tertiary/aromatic N) is 1. The molecule has 2 aliphatic heterocycles. The Morgan fingerprint density at radius 3 is 2.37 bits per heavy atom. The first-order valence-corrected chi connectivity index (χ1v) is 10.9. The zero-order valence-corrected chi connectivity index (χ0v) is 19.7. The van der Waals surface area contributed by atoms with Crippen LogP contribution < -0.4 is 5.32 Å². The summed E-state index contributed by atoms with van der Waals surface area (Å²) >= 11 is 17.9. The lowest BCUT2D eigenvalue weighted by molar-refractivity contribution is -0.158. The van der Waals surface area contributed by atoms with Crippen LogP contribution in [0, 0.1) is 0 Å². The number of fused-ring (bicyclic) bond motifs is 1. The summed E-state index contributed by atoms with van der Waals surface area (Å²) in [6.45, 7) is 5.65. The van der Waals surface area contributed by atoms with Crippen molar-refractivity contribution in [2.45, 2.75) is 48.5 Å². The smallest absolute Gasteiger partial charge is 0.408 e. The molecule has 1 saturated heterocycles. The minimum Gasteiger partial charge on any atom is -0.461 e. The third-order valence-corrected chi connectivity index (χ3v) is 5.40. The topological polar surface area (TPSA) is 111 Å². The molecule has 0 spiro atoms. The summed E-state index contributed by atoms with van der Waals surface area (Å²) in [5, 5.41) is 1.83. The molecule has 0 aliphatic carbocycles. The fourth-order valence-corrected chi connectivity index (χ4v) is 4.10. The van der Waals surface area contributed by atoms with Crippen molar-refractivity contribution in [3.05, 3.63) is 11.3 Å². The third kappa shape index (κ3) is 6.57. The number of halogens is 3. The summed E-state index contributed by atoms with van der Waals surface area (Å²) in [7, 11) is 0. The maximum absolute atomic E-state index is 12.8. The molecule has 2 heterocycles. The van der Waals surface area contributed by atoms with E-state index in [0.29, 0.717) is 5.57 Å². The van der Waals surface area contributed by atoms with Crippen LogP contribution >= 0.6 is 46.6 Å². The monoisotopic (exact) mass is 502 g/mol. The van der Waals surface area contributed by atoms with Gasteiger partial charge in [0.25, 0.3) is 5.91 Å². The zero-order valence-electron chi connectivity index (χ0n) is 16.6. The number of ether oxygens (including phenoxy) is 3. The van der Waals surface area contributed by atoms with Gasteiger partial charge in [0.1, 0.15) is 35.9 Å². The summed E-state index contributed by atoms with van der Waals surface area (Å²) < 4.78 is 13.4. The number of alkyl carbamates (subject to hydrolysis) is 1. The summed E-state index contributed by atoms with van der Waals surface area (Å²) in [5.74, 6) is -1.50. The van der Waals surface area contributed by atoms with Crippen LogP contribution in [0.1, 0.15) is 27.7 Å². The van der Waals surface area contributed by atoms with Gasteiger partial charge in [-0.1, -0.05) is 34.8 Å². The van der Waals surface area contributed by atoms with Crippen molar-refractivity contribution in [3.8, 4) is 0 Å². The van der Waals surface area contributed by atoms with E-state index in [2.05, 4.69) is 5.32 Å². The number of nitrogens with one attached hydrogen (secondary N) is 1. The highest BCUT2D eigenvalue weighted by Crippen LogP contribution is 2.41. The summed E-state index contributed by atoms with van der Waals surface area (Å²) in [5.41, 5.74) is -0.359. The molecule has 2 aliphatic rings. The molecule has 1 fully saturated rings. The van der Waals surface area contributed by atoms with Crippen molar-refractivity contribution < 1.29 is 33.4 Å². The van der Waals surface area contributed by atoms with Crippen molar-refractivity contribution in [2.75, 3.05) is 19.0 Å². The normalized spacial score (nSPS) is 21.4. The van der Waals surface area contributed by atoms with Crippen molar-refractivity contribution in [1.82, 2.24) is 10.2 Å². The number of hydrogen-bond acceptors (Lipinski definition) is 8. The SMILES string of the molecule is CC(=O)OCC1=C(C(=O)OC(C)(C)C)N2C(=O)[C@H](NC(=O)OCC(Cl)(Cl)Cl)[C@H]2SC1. The molecule has 0 bridgehead atoms. The highest BCUT2D eigenvalue weighted by atomic mass is 35.6. The predicted molar refractivity (Wildman–Crippen MR) is 111 cm³/mol. The second-order valence-electron chi connectivity index (χ2n) is 7.46. The van der Waals surface area contributed by atoms with Gasteiger partial charge in [-0.05, 0) is 20.8 Å². The first-order chi connectivity index (χ1) is 13.7. The number of alkyl halides is 3. The maximum Gasteiger partial charge on any atom is 0.408 e. The standard InChI is InChI=1S/C17H21Cl3N2O7S/c1-8(23)27-5-9-6-30-13-10(21-15(26)28-7-17(18,19)20)12(24)22(13)11(9)14(25)29-16(2,3)4/h10,13H,5-7H2,1-4H3,(H,21,26)/t10-,13+/m0/s1. The van der Waals surface area contributed by atoms with E-state index in [4.69, 9.17) is 49.0 Å². The van der Waals surface area contributed by atoms with Gasteiger partial charge in [0.15, 0.2) is 0 Å². The van der Waals surface area contributed by atoms with Gasteiger partial charge >= 0.3 is 18.0 Å². The molecule has 1 N–H and O–H groups in total. The lowest BCUT2D eigenvalue weighted by atomic mass is 10.0. The van der Waals surface area contributed by atoms with Gasteiger partial charge < -0.3 is 19.5 Å². The van der Waals surface area contributed by atoms with Gasteiger partial charge in [0, 0.05) is 18.2 Å². The Bertz CT molecular complexity index is 776. The predicted octanol–water partition coefficient (Wildman–Crippen LogP) is 2.53. The number of esters is 2. The Hall–Kier alpha value is -1.36. The Labute approximate surface area is 192 Å². The fraction of sp³-hybridized carbons (Fsp3) is 0.647. The Morgan fingerprint density at radius 2 is 1.83 bits per heavy atom. The molecule has 0 saturated carbocycles. The number of amides is 2.